The van der Waals surface area contributed by atoms with Crippen LogP contribution in [0.1, 0.15) is 17.5 Å². The Morgan fingerprint density at radius 3 is 2.63 bits per heavy atom. The summed E-state index contributed by atoms with van der Waals surface area (Å²) >= 11 is 0. The van der Waals surface area contributed by atoms with Gasteiger partial charge in [-0.2, -0.15) is 0 Å². The average molecular weight is 403 g/mol. The molecule has 1 aromatic carbocycles. The zero-order valence-electron chi connectivity index (χ0n) is 16.9. The number of anilines is 3. The normalized spacial score (nSPS) is 21.8. The second-order valence-electron chi connectivity index (χ2n) is 7.96. The third kappa shape index (κ3) is 3.99. The largest absolute Gasteiger partial charge is 0.390 e. The van der Waals surface area contributed by atoms with Gasteiger partial charge in [-0.1, -0.05) is 30.3 Å². The number of pyridine rings is 1. The number of piperidine rings is 1. The molecule has 2 aliphatic heterocycles. The number of nitrogens with zero attached hydrogens (tertiary/aromatic N) is 5. The number of aromatic nitrogens is 3. The maximum atomic E-state index is 11.0. The van der Waals surface area contributed by atoms with Crippen LogP contribution in [0.25, 0.3) is 0 Å². The fourth-order valence-corrected chi connectivity index (χ4v) is 4.51. The Balaban J connectivity index is 1.25. The Morgan fingerprint density at radius 2 is 1.80 bits per heavy atom. The summed E-state index contributed by atoms with van der Waals surface area (Å²) in [4.78, 5) is 17.6. The number of benzene rings is 1. The quantitative estimate of drug-likeness (QED) is 0.695. The van der Waals surface area contributed by atoms with E-state index in [1.165, 1.54) is 11.1 Å². The number of rotatable bonds is 4. The molecular weight excluding hydrogens is 376 g/mol. The molecule has 4 heterocycles. The highest BCUT2D eigenvalue weighted by molar-refractivity contribution is 5.56. The van der Waals surface area contributed by atoms with Gasteiger partial charge in [0.25, 0.3) is 0 Å². The summed E-state index contributed by atoms with van der Waals surface area (Å²) in [5.41, 5.74) is 2.83. The van der Waals surface area contributed by atoms with Crippen LogP contribution in [0.4, 0.5) is 17.5 Å². The Hall–Kier alpha value is -3.03. The lowest BCUT2D eigenvalue weighted by molar-refractivity contribution is 0.0293. The van der Waals surface area contributed by atoms with Crippen LogP contribution < -0.4 is 10.2 Å². The molecule has 3 aromatic rings. The minimum absolute atomic E-state index is 0.183. The molecule has 1 saturated heterocycles. The first-order chi connectivity index (χ1) is 14.8. The number of hydrogen-bond acceptors (Lipinski definition) is 7. The smallest absolute Gasteiger partial charge is 0.137 e. The summed E-state index contributed by atoms with van der Waals surface area (Å²) in [6, 6.07) is 16.4. The minimum atomic E-state index is -0.411. The van der Waals surface area contributed by atoms with Crippen molar-refractivity contribution >= 4 is 17.5 Å². The van der Waals surface area contributed by atoms with Gasteiger partial charge in [0.1, 0.15) is 23.8 Å². The fraction of sp³-hybridized carbons (Fsp3) is 0.348. The van der Waals surface area contributed by atoms with Crippen molar-refractivity contribution < 1.29 is 5.11 Å². The van der Waals surface area contributed by atoms with Gasteiger partial charge < -0.3 is 15.3 Å². The molecule has 7 nitrogen and oxygen atoms in total. The van der Waals surface area contributed by atoms with Crippen LogP contribution in [0.5, 0.6) is 0 Å². The van der Waals surface area contributed by atoms with Gasteiger partial charge in [0, 0.05) is 44.5 Å². The van der Waals surface area contributed by atoms with Crippen molar-refractivity contribution in [2.24, 2.45) is 0 Å². The summed E-state index contributed by atoms with van der Waals surface area (Å²) in [7, 11) is 0. The number of fused-ring (bicyclic) bond motifs is 1. The van der Waals surface area contributed by atoms with Crippen LogP contribution in [0, 0.1) is 0 Å². The Kier molecular flexibility index (Phi) is 5.29. The highest BCUT2D eigenvalue weighted by atomic mass is 16.3. The molecule has 0 amide bonds. The van der Waals surface area contributed by atoms with Crippen molar-refractivity contribution in [1.29, 1.82) is 0 Å². The average Bonchev–Trinajstić information content (AvgIpc) is 2.79. The minimum Gasteiger partial charge on any atom is -0.390 e. The molecular formula is C23H26N6O. The molecule has 0 aliphatic carbocycles. The second-order valence-corrected chi connectivity index (χ2v) is 7.96. The third-order valence-corrected chi connectivity index (χ3v) is 6.07. The first kappa shape index (κ1) is 19.0. The molecule has 1 fully saturated rings. The lowest BCUT2D eigenvalue weighted by Gasteiger charge is -2.43. The van der Waals surface area contributed by atoms with Gasteiger partial charge in [0.15, 0.2) is 0 Å². The molecule has 7 heteroatoms. The molecule has 0 saturated carbocycles. The molecule has 0 bridgehead atoms. The first-order valence-electron chi connectivity index (χ1n) is 10.5. The van der Waals surface area contributed by atoms with Crippen LogP contribution in [-0.2, 0) is 13.0 Å². The van der Waals surface area contributed by atoms with Gasteiger partial charge in [-0.15, -0.1) is 0 Å². The maximum absolute atomic E-state index is 11.0. The summed E-state index contributed by atoms with van der Waals surface area (Å²) in [6.07, 6.45) is 4.85. The molecule has 0 unspecified atom stereocenters. The predicted octanol–water partition coefficient (Wildman–Crippen LogP) is 2.61. The summed E-state index contributed by atoms with van der Waals surface area (Å²) in [6.45, 7) is 3.36. The monoisotopic (exact) mass is 402 g/mol. The molecule has 0 spiro atoms. The number of hydrogen-bond donors (Lipinski definition) is 2. The first-order valence-corrected chi connectivity index (χ1v) is 10.5. The number of nitrogens with one attached hydrogen (secondary N) is 1. The lowest BCUT2D eigenvalue weighted by Crippen LogP contribution is -2.55. The highest BCUT2D eigenvalue weighted by Gasteiger charge is 2.34. The zero-order chi connectivity index (χ0) is 20.3. The molecule has 0 radical (unpaired) electrons. The van der Waals surface area contributed by atoms with Crippen LogP contribution in [0.2, 0.25) is 0 Å². The van der Waals surface area contributed by atoms with Crippen molar-refractivity contribution in [1.82, 2.24) is 19.9 Å². The highest BCUT2D eigenvalue weighted by Crippen LogP contribution is 2.27. The van der Waals surface area contributed by atoms with Gasteiger partial charge in [-0.3, -0.25) is 4.90 Å². The number of aliphatic hydroxyl groups is 1. The van der Waals surface area contributed by atoms with E-state index < -0.39 is 6.10 Å². The number of aliphatic hydroxyl groups excluding tert-OH is 1. The summed E-state index contributed by atoms with van der Waals surface area (Å²) in [5.74, 6) is 2.26. The standard InChI is InChI=1S/C23H26N6O/c30-20-15-29(23-13-22(25-16-26-23)27-21-7-3-4-10-24-21)12-9-19(20)28-11-8-17-5-1-2-6-18(17)14-28/h1-7,10,13,16,19-20,30H,8-9,11-12,14-15H2,(H,24,25,26,27)/t19-,20-/m0/s1. The fourth-order valence-electron chi connectivity index (χ4n) is 4.51. The molecule has 5 rings (SSSR count). The van der Waals surface area contributed by atoms with E-state index in [0.29, 0.717) is 12.4 Å². The maximum Gasteiger partial charge on any atom is 0.137 e. The molecule has 2 aromatic heterocycles. The van der Waals surface area contributed by atoms with Crippen molar-refractivity contribution in [3.05, 3.63) is 72.2 Å². The van der Waals surface area contributed by atoms with Gasteiger partial charge in [0.05, 0.1) is 6.10 Å². The van der Waals surface area contributed by atoms with E-state index in [-0.39, 0.29) is 6.04 Å². The van der Waals surface area contributed by atoms with Crippen LogP contribution in [0.15, 0.2) is 61.1 Å². The van der Waals surface area contributed by atoms with E-state index in [2.05, 4.69) is 54.3 Å². The van der Waals surface area contributed by atoms with Gasteiger partial charge in [0.2, 0.25) is 0 Å². The van der Waals surface area contributed by atoms with E-state index in [4.69, 9.17) is 0 Å². The van der Waals surface area contributed by atoms with E-state index in [9.17, 15) is 5.11 Å². The Labute approximate surface area is 176 Å². The van der Waals surface area contributed by atoms with Crippen molar-refractivity contribution in [3.63, 3.8) is 0 Å². The summed E-state index contributed by atoms with van der Waals surface area (Å²) in [5, 5.41) is 14.2. The SMILES string of the molecule is O[C@H]1CN(c2cc(Nc3ccccn3)ncn2)CC[C@@H]1N1CCc2ccccc2C1. The van der Waals surface area contributed by atoms with E-state index in [0.717, 1.165) is 44.1 Å². The van der Waals surface area contributed by atoms with Gasteiger partial charge in [-0.25, -0.2) is 15.0 Å². The van der Waals surface area contributed by atoms with E-state index in [1.807, 2.05) is 24.3 Å². The topological polar surface area (TPSA) is 77.4 Å². The van der Waals surface area contributed by atoms with Crippen LogP contribution in [0.3, 0.4) is 0 Å². The second kappa shape index (κ2) is 8.38. The molecule has 2 atom stereocenters. The lowest BCUT2D eigenvalue weighted by atomic mass is 9.94. The molecule has 2 aliphatic rings. The van der Waals surface area contributed by atoms with Crippen molar-refractivity contribution in [2.75, 3.05) is 29.9 Å². The van der Waals surface area contributed by atoms with Crippen molar-refractivity contribution in [3.8, 4) is 0 Å². The summed E-state index contributed by atoms with van der Waals surface area (Å²) < 4.78 is 0. The number of β-amino-alcohol motifs (C(OH)–C–C–N with tert-alkyl or cyclic N) is 1. The van der Waals surface area contributed by atoms with Crippen LogP contribution in [-0.4, -0.2) is 56.7 Å². The van der Waals surface area contributed by atoms with Crippen LogP contribution >= 0.6 is 0 Å². The predicted molar refractivity (Wildman–Crippen MR) is 117 cm³/mol. The van der Waals surface area contributed by atoms with Gasteiger partial charge in [-0.05, 0) is 36.1 Å². The van der Waals surface area contributed by atoms with Crippen molar-refractivity contribution in [2.45, 2.75) is 31.5 Å². The Morgan fingerprint density at radius 1 is 0.933 bits per heavy atom. The van der Waals surface area contributed by atoms with Gasteiger partial charge >= 0.3 is 0 Å². The Bertz CT molecular complexity index is 998. The van der Waals surface area contributed by atoms with E-state index >= 15 is 0 Å². The molecule has 30 heavy (non-hydrogen) atoms. The zero-order valence-corrected chi connectivity index (χ0v) is 16.9. The third-order valence-electron chi connectivity index (χ3n) is 6.07. The molecule has 2 N–H and O–H groups in total. The van der Waals surface area contributed by atoms with E-state index in [1.54, 1.807) is 12.5 Å². The molecule has 154 valence electrons.